The third kappa shape index (κ3) is 7.64. The second-order valence-electron chi connectivity index (χ2n) is 9.30. The van der Waals surface area contributed by atoms with Crippen molar-refractivity contribution in [3.8, 4) is 0 Å². The zero-order chi connectivity index (χ0) is 20.7. The number of esters is 1. The van der Waals surface area contributed by atoms with Gasteiger partial charge in [0.05, 0.1) is 17.9 Å². The van der Waals surface area contributed by atoms with Gasteiger partial charge >= 0.3 is 11.9 Å². The van der Waals surface area contributed by atoms with Crippen molar-refractivity contribution < 1.29 is 19.4 Å². The topological polar surface area (TPSA) is 81.4 Å². The predicted octanol–water partition coefficient (Wildman–Crippen LogP) is 4.78. The van der Waals surface area contributed by atoms with Gasteiger partial charge < -0.3 is 14.4 Å². The van der Waals surface area contributed by atoms with E-state index in [1.165, 1.54) is 25.7 Å². The predicted molar refractivity (Wildman–Crippen MR) is 108 cm³/mol. The number of hydrogen-bond donors (Lipinski definition) is 1. The van der Waals surface area contributed by atoms with E-state index in [1.54, 1.807) is 0 Å². The Labute approximate surface area is 168 Å². The Morgan fingerprint density at radius 2 is 1.93 bits per heavy atom. The third-order valence-corrected chi connectivity index (χ3v) is 5.47. The number of ether oxygens (including phenoxy) is 1. The number of unbranched alkanes of at least 4 members (excludes halogenated alkanes) is 1. The molecule has 158 valence electrons. The number of carbonyl (C=O) groups is 2. The van der Waals surface area contributed by atoms with Gasteiger partial charge in [-0.15, -0.1) is 0 Å². The van der Waals surface area contributed by atoms with Crippen LogP contribution in [0.2, 0.25) is 0 Å². The van der Waals surface area contributed by atoms with Crippen molar-refractivity contribution >= 4 is 11.9 Å². The lowest BCUT2D eigenvalue weighted by Crippen LogP contribution is -2.23. The number of aromatic nitrogens is 2. The molecule has 0 amide bonds. The maximum Gasteiger partial charge on any atom is 0.306 e. The van der Waals surface area contributed by atoms with E-state index in [4.69, 9.17) is 4.74 Å². The van der Waals surface area contributed by atoms with Gasteiger partial charge in [0.2, 0.25) is 0 Å². The first-order chi connectivity index (χ1) is 13.1. The van der Waals surface area contributed by atoms with Crippen LogP contribution < -0.4 is 0 Å². The monoisotopic (exact) mass is 392 g/mol. The molecule has 1 saturated carbocycles. The van der Waals surface area contributed by atoms with Crippen LogP contribution in [0.3, 0.4) is 0 Å². The van der Waals surface area contributed by atoms with Crippen molar-refractivity contribution in [2.24, 2.45) is 11.8 Å². The standard InChI is InChI=1S/C22H36N2O4/c1-16-9-11-19(12-10-16)24-14-18(23-15-24)13-17(21(26)27)7-5-6-8-20(25)28-22(2,3)4/h14-17,19H,5-13H2,1-4H3,(H,26,27). The van der Waals surface area contributed by atoms with E-state index < -0.39 is 17.5 Å². The highest BCUT2D eigenvalue weighted by Crippen LogP contribution is 2.32. The number of carbonyl (C=O) groups excluding carboxylic acids is 1. The summed E-state index contributed by atoms with van der Waals surface area (Å²) in [5.74, 6) is -0.678. The molecule has 0 aromatic carbocycles. The van der Waals surface area contributed by atoms with Gasteiger partial charge in [-0.3, -0.25) is 9.59 Å². The van der Waals surface area contributed by atoms with Gasteiger partial charge in [-0.2, -0.15) is 0 Å². The summed E-state index contributed by atoms with van der Waals surface area (Å²) in [5, 5.41) is 9.55. The average Bonchev–Trinajstić information content (AvgIpc) is 3.05. The van der Waals surface area contributed by atoms with Crippen molar-refractivity contribution in [2.45, 2.75) is 97.1 Å². The van der Waals surface area contributed by atoms with Crippen LogP contribution in [-0.2, 0) is 20.7 Å². The lowest BCUT2D eigenvalue weighted by molar-refractivity contribution is -0.154. The molecule has 0 bridgehead atoms. The molecule has 1 N–H and O–H groups in total. The summed E-state index contributed by atoms with van der Waals surface area (Å²) in [5.41, 5.74) is 0.369. The maximum absolute atomic E-state index is 11.8. The molecule has 1 fully saturated rings. The SMILES string of the molecule is CC1CCC(n2cnc(CC(CCCCC(=O)OC(C)(C)C)C(=O)O)c2)CC1. The quantitative estimate of drug-likeness (QED) is 0.483. The van der Waals surface area contributed by atoms with Crippen LogP contribution in [0.15, 0.2) is 12.5 Å². The number of imidazole rings is 1. The number of carboxylic acid groups (broad SMARTS) is 1. The summed E-state index contributed by atoms with van der Waals surface area (Å²) in [7, 11) is 0. The molecule has 2 rings (SSSR count). The number of aliphatic carboxylic acids is 1. The highest BCUT2D eigenvalue weighted by Gasteiger charge is 2.23. The summed E-state index contributed by atoms with van der Waals surface area (Å²) < 4.78 is 7.46. The van der Waals surface area contributed by atoms with Gasteiger partial charge in [0.25, 0.3) is 0 Å². The fourth-order valence-electron chi connectivity index (χ4n) is 3.84. The molecule has 28 heavy (non-hydrogen) atoms. The van der Waals surface area contributed by atoms with Crippen LogP contribution in [-0.4, -0.2) is 32.2 Å². The molecule has 1 heterocycles. The molecule has 1 atom stereocenters. The van der Waals surface area contributed by atoms with Crippen molar-refractivity contribution in [3.63, 3.8) is 0 Å². The minimum Gasteiger partial charge on any atom is -0.481 e. The Hall–Kier alpha value is -1.85. The average molecular weight is 393 g/mol. The lowest BCUT2D eigenvalue weighted by Gasteiger charge is -2.26. The Bertz CT molecular complexity index is 639. The highest BCUT2D eigenvalue weighted by molar-refractivity contribution is 5.70. The Kier molecular flexibility index (Phi) is 8.08. The van der Waals surface area contributed by atoms with Crippen LogP contribution >= 0.6 is 0 Å². The Morgan fingerprint density at radius 3 is 2.54 bits per heavy atom. The smallest absolute Gasteiger partial charge is 0.306 e. The fraction of sp³-hybridized carbons (Fsp3) is 0.773. The fourth-order valence-corrected chi connectivity index (χ4v) is 3.84. The second kappa shape index (κ2) is 10.1. The minimum atomic E-state index is -0.793. The number of hydrogen-bond acceptors (Lipinski definition) is 4. The van der Waals surface area contributed by atoms with E-state index in [0.29, 0.717) is 38.1 Å². The van der Waals surface area contributed by atoms with Crippen molar-refractivity contribution in [1.29, 1.82) is 0 Å². The van der Waals surface area contributed by atoms with Gasteiger partial charge in [0.15, 0.2) is 0 Å². The normalized spacial score (nSPS) is 21.3. The molecule has 0 saturated heterocycles. The van der Waals surface area contributed by atoms with Gasteiger partial charge in [-0.05, 0) is 65.2 Å². The molecule has 6 nitrogen and oxygen atoms in total. The van der Waals surface area contributed by atoms with E-state index in [0.717, 1.165) is 11.6 Å². The first-order valence-electron chi connectivity index (χ1n) is 10.6. The van der Waals surface area contributed by atoms with Gasteiger partial charge in [-0.1, -0.05) is 13.3 Å². The Balaban J connectivity index is 1.78. The van der Waals surface area contributed by atoms with Crippen LogP contribution in [0.1, 0.15) is 90.8 Å². The number of nitrogens with zero attached hydrogens (tertiary/aromatic N) is 2. The molecule has 1 aromatic rings. The summed E-state index contributed by atoms with van der Waals surface area (Å²) in [4.78, 5) is 27.8. The van der Waals surface area contributed by atoms with Crippen molar-refractivity contribution in [1.82, 2.24) is 9.55 Å². The lowest BCUT2D eigenvalue weighted by atomic mass is 9.87. The zero-order valence-corrected chi connectivity index (χ0v) is 17.8. The van der Waals surface area contributed by atoms with Crippen molar-refractivity contribution in [3.05, 3.63) is 18.2 Å². The van der Waals surface area contributed by atoms with Crippen LogP contribution in [0, 0.1) is 11.8 Å². The van der Waals surface area contributed by atoms with E-state index in [2.05, 4.69) is 16.5 Å². The van der Waals surface area contributed by atoms with E-state index in [-0.39, 0.29) is 5.97 Å². The number of carboxylic acids is 1. The first kappa shape index (κ1) is 22.4. The zero-order valence-electron chi connectivity index (χ0n) is 17.8. The number of rotatable bonds is 9. The molecular weight excluding hydrogens is 356 g/mol. The molecule has 6 heteroatoms. The summed E-state index contributed by atoms with van der Waals surface area (Å²) in [6.07, 6.45) is 11.4. The summed E-state index contributed by atoms with van der Waals surface area (Å²) in [6, 6.07) is 0.495. The summed E-state index contributed by atoms with van der Waals surface area (Å²) in [6.45, 7) is 7.84. The summed E-state index contributed by atoms with van der Waals surface area (Å²) >= 11 is 0. The molecule has 0 spiro atoms. The highest BCUT2D eigenvalue weighted by atomic mass is 16.6. The van der Waals surface area contributed by atoms with Crippen LogP contribution in [0.4, 0.5) is 0 Å². The molecule has 1 unspecified atom stereocenters. The molecule has 1 aromatic heterocycles. The molecule has 0 aliphatic heterocycles. The third-order valence-electron chi connectivity index (χ3n) is 5.47. The van der Waals surface area contributed by atoms with E-state index in [1.807, 2.05) is 33.3 Å². The molecule has 1 aliphatic carbocycles. The van der Waals surface area contributed by atoms with Gasteiger partial charge in [0, 0.05) is 25.1 Å². The van der Waals surface area contributed by atoms with Crippen molar-refractivity contribution in [2.75, 3.05) is 0 Å². The minimum absolute atomic E-state index is 0.222. The molecular formula is C22H36N2O4. The molecule has 0 radical (unpaired) electrons. The van der Waals surface area contributed by atoms with Gasteiger partial charge in [0.1, 0.15) is 5.60 Å². The Morgan fingerprint density at radius 1 is 1.25 bits per heavy atom. The van der Waals surface area contributed by atoms with Gasteiger partial charge in [-0.25, -0.2) is 4.98 Å². The second-order valence-corrected chi connectivity index (χ2v) is 9.30. The maximum atomic E-state index is 11.8. The van der Waals surface area contributed by atoms with E-state index >= 15 is 0 Å². The van der Waals surface area contributed by atoms with E-state index in [9.17, 15) is 14.7 Å². The van der Waals surface area contributed by atoms with Crippen LogP contribution in [0.25, 0.3) is 0 Å². The first-order valence-corrected chi connectivity index (χ1v) is 10.6. The van der Waals surface area contributed by atoms with Crippen LogP contribution in [0.5, 0.6) is 0 Å². The largest absolute Gasteiger partial charge is 0.481 e. The molecule has 1 aliphatic rings.